The molecule has 28 heavy (non-hydrogen) atoms. The number of benzene rings is 1. The van der Waals surface area contributed by atoms with Crippen LogP contribution < -0.4 is 14.8 Å². The minimum atomic E-state index is 0.401. The molecule has 6 nitrogen and oxygen atoms in total. The maximum atomic E-state index is 6.04. The molecule has 3 rings (SSSR count). The number of ether oxygens (including phenoxy) is 2. The van der Waals surface area contributed by atoms with Gasteiger partial charge in [0.1, 0.15) is 18.1 Å². The van der Waals surface area contributed by atoms with Gasteiger partial charge in [0, 0.05) is 57.1 Å². The molecule has 1 unspecified atom stereocenters. The zero-order valence-electron chi connectivity index (χ0n) is 17.2. The molecule has 0 saturated carbocycles. The SMILES string of the molecule is COc1ccc(OCc2ccccn2)c(CNC(C)CN2CCN(C)CC2)c1. The van der Waals surface area contributed by atoms with E-state index in [9.17, 15) is 0 Å². The second-order valence-electron chi connectivity index (χ2n) is 7.47. The number of hydrogen-bond acceptors (Lipinski definition) is 6. The first-order chi connectivity index (χ1) is 13.6. The first-order valence-corrected chi connectivity index (χ1v) is 9.98. The number of nitrogens with zero attached hydrogens (tertiary/aromatic N) is 3. The molecule has 0 radical (unpaired) electrons. The van der Waals surface area contributed by atoms with Crippen LogP contribution in [0.1, 0.15) is 18.2 Å². The van der Waals surface area contributed by atoms with Crippen molar-refractivity contribution < 1.29 is 9.47 Å². The van der Waals surface area contributed by atoms with E-state index in [0.29, 0.717) is 12.6 Å². The van der Waals surface area contributed by atoms with Gasteiger partial charge >= 0.3 is 0 Å². The van der Waals surface area contributed by atoms with Crippen LogP contribution in [0.2, 0.25) is 0 Å². The third-order valence-corrected chi connectivity index (χ3v) is 5.14. The van der Waals surface area contributed by atoms with Crippen molar-refractivity contribution in [2.24, 2.45) is 0 Å². The van der Waals surface area contributed by atoms with E-state index in [1.54, 1.807) is 13.3 Å². The lowest BCUT2D eigenvalue weighted by atomic mass is 10.1. The Labute approximate surface area is 168 Å². The summed E-state index contributed by atoms with van der Waals surface area (Å²) in [5.41, 5.74) is 2.01. The fourth-order valence-corrected chi connectivity index (χ4v) is 3.36. The quantitative estimate of drug-likeness (QED) is 0.716. The number of likely N-dealkylation sites (N-methyl/N-ethyl adjacent to an activating group) is 1. The van der Waals surface area contributed by atoms with Crippen molar-refractivity contribution in [2.45, 2.75) is 26.1 Å². The molecule has 1 saturated heterocycles. The highest BCUT2D eigenvalue weighted by Gasteiger charge is 2.16. The average molecular weight is 385 g/mol. The van der Waals surface area contributed by atoms with Gasteiger partial charge in [0.15, 0.2) is 0 Å². The number of hydrogen-bond donors (Lipinski definition) is 1. The Hall–Kier alpha value is -2.15. The van der Waals surface area contributed by atoms with Crippen LogP contribution in [0, 0.1) is 0 Å². The largest absolute Gasteiger partial charge is 0.497 e. The first-order valence-electron chi connectivity index (χ1n) is 9.98. The van der Waals surface area contributed by atoms with Crippen LogP contribution in [0.15, 0.2) is 42.6 Å². The molecule has 1 N–H and O–H groups in total. The summed E-state index contributed by atoms with van der Waals surface area (Å²) in [6.07, 6.45) is 1.79. The Bertz CT molecular complexity index is 718. The van der Waals surface area contributed by atoms with E-state index >= 15 is 0 Å². The second kappa shape index (κ2) is 10.4. The van der Waals surface area contributed by atoms with E-state index in [2.05, 4.69) is 34.1 Å². The van der Waals surface area contributed by atoms with Gasteiger partial charge < -0.3 is 19.7 Å². The third kappa shape index (κ3) is 6.19. The Morgan fingerprint density at radius 1 is 1.14 bits per heavy atom. The first kappa shape index (κ1) is 20.6. The predicted molar refractivity (Wildman–Crippen MR) is 112 cm³/mol. The van der Waals surface area contributed by atoms with Gasteiger partial charge in [0.25, 0.3) is 0 Å². The molecular weight excluding hydrogens is 352 g/mol. The van der Waals surface area contributed by atoms with Crippen LogP contribution in [0.25, 0.3) is 0 Å². The summed E-state index contributed by atoms with van der Waals surface area (Å²) in [6.45, 7) is 9.07. The number of aromatic nitrogens is 1. The lowest BCUT2D eigenvalue weighted by Gasteiger charge is -2.34. The van der Waals surface area contributed by atoms with Crippen LogP contribution in [-0.4, -0.2) is 67.7 Å². The van der Waals surface area contributed by atoms with Crippen LogP contribution >= 0.6 is 0 Å². The molecule has 2 heterocycles. The van der Waals surface area contributed by atoms with Crippen molar-refractivity contribution in [1.29, 1.82) is 0 Å². The summed E-state index contributed by atoms with van der Waals surface area (Å²) in [5, 5.41) is 3.64. The molecule has 2 aromatic rings. The lowest BCUT2D eigenvalue weighted by molar-refractivity contribution is 0.144. The van der Waals surface area contributed by atoms with Crippen molar-refractivity contribution in [3.8, 4) is 11.5 Å². The fourth-order valence-electron chi connectivity index (χ4n) is 3.36. The second-order valence-corrected chi connectivity index (χ2v) is 7.47. The van der Waals surface area contributed by atoms with E-state index in [4.69, 9.17) is 9.47 Å². The molecule has 1 atom stereocenters. The molecule has 1 aliphatic rings. The van der Waals surface area contributed by atoms with Gasteiger partial charge in [0.05, 0.1) is 12.8 Å². The monoisotopic (exact) mass is 384 g/mol. The Morgan fingerprint density at radius 2 is 1.96 bits per heavy atom. The maximum absolute atomic E-state index is 6.04. The van der Waals surface area contributed by atoms with E-state index in [1.807, 2.05) is 36.4 Å². The molecule has 0 amide bonds. The van der Waals surface area contributed by atoms with Crippen LogP contribution in [-0.2, 0) is 13.2 Å². The molecule has 0 spiro atoms. The normalized spacial score (nSPS) is 16.7. The minimum Gasteiger partial charge on any atom is -0.497 e. The molecule has 1 aromatic heterocycles. The highest BCUT2D eigenvalue weighted by atomic mass is 16.5. The van der Waals surface area contributed by atoms with Gasteiger partial charge in [0.2, 0.25) is 0 Å². The molecule has 1 aliphatic heterocycles. The summed E-state index contributed by atoms with van der Waals surface area (Å²) in [5.74, 6) is 1.71. The molecule has 1 aromatic carbocycles. The number of pyridine rings is 1. The van der Waals surface area contributed by atoms with Crippen LogP contribution in [0.5, 0.6) is 11.5 Å². The number of rotatable bonds is 9. The zero-order chi connectivity index (χ0) is 19.8. The predicted octanol–water partition coefficient (Wildman–Crippen LogP) is 2.39. The van der Waals surface area contributed by atoms with Gasteiger partial charge in [-0.3, -0.25) is 9.88 Å². The van der Waals surface area contributed by atoms with Crippen molar-refractivity contribution in [3.63, 3.8) is 0 Å². The number of nitrogens with one attached hydrogen (secondary N) is 1. The molecule has 152 valence electrons. The topological polar surface area (TPSA) is 49.9 Å². The number of methoxy groups -OCH3 is 1. The van der Waals surface area contributed by atoms with E-state index < -0.39 is 0 Å². The van der Waals surface area contributed by atoms with E-state index in [-0.39, 0.29) is 0 Å². The van der Waals surface area contributed by atoms with Gasteiger partial charge in [-0.15, -0.1) is 0 Å². The highest BCUT2D eigenvalue weighted by molar-refractivity contribution is 5.40. The standard InChI is InChI=1S/C22H32N4O2/c1-18(16-26-12-10-25(2)11-13-26)24-15-19-14-21(27-3)7-8-22(19)28-17-20-6-4-5-9-23-20/h4-9,14,18,24H,10-13,15-17H2,1-3H3. The fraction of sp³-hybridized carbons (Fsp3) is 0.500. The van der Waals surface area contributed by atoms with Gasteiger partial charge in [-0.2, -0.15) is 0 Å². The average Bonchev–Trinajstić information content (AvgIpc) is 2.73. The summed E-state index contributed by atoms with van der Waals surface area (Å²) < 4.78 is 11.4. The molecule has 0 aliphatic carbocycles. The van der Waals surface area contributed by atoms with Crippen LogP contribution in [0.3, 0.4) is 0 Å². The van der Waals surface area contributed by atoms with Gasteiger partial charge in [-0.05, 0) is 44.3 Å². The molecule has 0 bridgehead atoms. The van der Waals surface area contributed by atoms with Crippen molar-refractivity contribution in [2.75, 3.05) is 46.9 Å². The van der Waals surface area contributed by atoms with Crippen molar-refractivity contribution in [3.05, 3.63) is 53.9 Å². The smallest absolute Gasteiger partial charge is 0.130 e. The summed E-state index contributed by atoms with van der Waals surface area (Å²) >= 11 is 0. The van der Waals surface area contributed by atoms with Gasteiger partial charge in [-0.1, -0.05) is 6.07 Å². The summed E-state index contributed by atoms with van der Waals surface area (Å²) in [6, 6.07) is 12.2. The molecular formula is C22H32N4O2. The van der Waals surface area contributed by atoms with Crippen molar-refractivity contribution >= 4 is 0 Å². The number of piperazine rings is 1. The Balaban J connectivity index is 1.56. The summed E-state index contributed by atoms with van der Waals surface area (Å²) in [7, 11) is 3.88. The summed E-state index contributed by atoms with van der Waals surface area (Å²) in [4.78, 5) is 9.24. The van der Waals surface area contributed by atoms with E-state index in [1.165, 1.54) is 0 Å². The van der Waals surface area contributed by atoms with Crippen LogP contribution in [0.4, 0.5) is 0 Å². The minimum absolute atomic E-state index is 0.401. The Morgan fingerprint density at radius 3 is 2.68 bits per heavy atom. The molecule has 1 fully saturated rings. The molecule has 6 heteroatoms. The van der Waals surface area contributed by atoms with Gasteiger partial charge in [-0.25, -0.2) is 0 Å². The van der Waals surface area contributed by atoms with Crippen molar-refractivity contribution in [1.82, 2.24) is 20.1 Å². The lowest BCUT2D eigenvalue weighted by Crippen LogP contribution is -2.48. The van der Waals surface area contributed by atoms with E-state index in [0.717, 1.165) is 62.0 Å². The maximum Gasteiger partial charge on any atom is 0.130 e. The third-order valence-electron chi connectivity index (χ3n) is 5.14. The Kier molecular flexibility index (Phi) is 7.65. The zero-order valence-corrected chi connectivity index (χ0v) is 17.2. The highest BCUT2D eigenvalue weighted by Crippen LogP contribution is 2.25.